The molecule has 1 aliphatic heterocycles. The number of aryl methyl sites for hydroxylation is 1. The zero-order valence-electron chi connectivity index (χ0n) is 8.24. The van der Waals surface area contributed by atoms with Gasteiger partial charge in [0.1, 0.15) is 5.82 Å². The van der Waals surface area contributed by atoms with Gasteiger partial charge in [-0.3, -0.25) is 0 Å². The van der Waals surface area contributed by atoms with Gasteiger partial charge in [-0.15, -0.1) is 0 Å². The van der Waals surface area contributed by atoms with E-state index in [0.717, 1.165) is 30.0 Å². The molecule has 0 aromatic carbocycles. The Morgan fingerprint density at radius 1 is 1.60 bits per heavy atom. The maximum Gasteiger partial charge on any atom is 0.224 e. The summed E-state index contributed by atoms with van der Waals surface area (Å²) in [7, 11) is 0. The first-order valence-corrected chi connectivity index (χ1v) is 4.90. The Labute approximate surface area is 92.8 Å². The summed E-state index contributed by atoms with van der Waals surface area (Å²) in [4.78, 5) is 10.1. The van der Waals surface area contributed by atoms with Gasteiger partial charge in [-0.05, 0) is 24.1 Å². The third kappa shape index (κ3) is 1.92. The van der Waals surface area contributed by atoms with Crippen molar-refractivity contribution in [3.63, 3.8) is 0 Å². The molecule has 1 aromatic rings. The Kier molecular flexibility index (Phi) is 2.57. The van der Waals surface area contributed by atoms with Crippen LogP contribution < -0.4 is 4.90 Å². The Hall–Kier alpha value is -1.60. The van der Waals surface area contributed by atoms with E-state index >= 15 is 0 Å². The molecule has 15 heavy (non-hydrogen) atoms. The lowest BCUT2D eigenvalue weighted by molar-refractivity contribution is 0.751. The van der Waals surface area contributed by atoms with Crippen LogP contribution in [-0.4, -0.2) is 23.1 Å². The molecule has 0 bridgehead atoms. The number of halogens is 1. The first-order valence-electron chi connectivity index (χ1n) is 4.52. The van der Waals surface area contributed by atoms with Gasteiger partial charge in [0.2, 0.25) is 5.28 Å². The molecule has 1 aromatic heterocycles. The van der Waals surface area contributed by atoms with Gasteiger partial charge in [-0.1, -0.05) is 0 Å². The van der Waals surface area contributed by atoms with E-state index < -0.39 is 0 Å². The van der Waals surface area contributed by atoms with Crippen LogP contribution in [0.4, 0.5) is 5.82 Å². The summed E-state index contributed by atoms with van der Waals surface area (Å²) < 4.78 is 0. The van der Waals surface area contributed by atoms with Crippen molar-refractivity contribution in [2.24, 2.45) is 0 Å². The van der Waals surface area contributed by atoms with Crippen LogP contribution in [0.2, 0.25) is 5.28 Å². The summed E-state index contributed by atoms with van der Waals surface area (Å²) in [6.45, 7) is 3.45. The summed E-state index contributed by atoms with van der Waals surface area (Å²) in [6, 6.07) is 2.02. The number of allylic oxidation sites excluding steroid dienone is 1. The number of rotatable bonds is 1. The quantitative estimate of drug-likeness (QED) is 0.534. The Morgan fingerprint density at radius 3 is 3.00 bits per heavy atom. The zero-order chi connectivity index (χ0) is 10.8. The van der Waals surface area contributed by atoms with E-state index in [1.54, 1.807) is 12.3 Å². The highest BCUT2D eigenvalue weighted by atomic mass is 35.5. The highest BCUT2D eigenvalue weighted by Crippen LogP contribution is 2.25. The van der Waals surface area contributed by atoms with Crippen LogP contribution in [0, 0.1) is 18.3 Å². The van der Waals surface area contributed by atoms with Gasteiger partial charge < -0.3 is 4.90 Å². The van der Waals surface area contributed by atoms with Gasteiger partial charge in [0, 0.05) is 30.9 Å². The summed E-state index contributed by atoms with van der Waals surface area (Å²) in [6.07, 6.45) is 3.28. The van der Waals surface area contributed by atoms with Gasteiger partial charge in [0.25, 0.3) is 0 Å². The number of nitrogens with zero attached hydrogens (tertiary/aromatic N) is 4. The van der Waals surface area contributed by atoms with Crippen LogP contribution in [0.5, 0.6) is 0 Å². The fourth-order valence-electron chi connectivity index (χ4n) is 1.51. The summed E-state index contributed by atoms with van der Waals surface area (Å²) >= 11 is 5.72. The minimum Gasteiger partial charge on any atom is -0.348 e. The van der Waals surface area contributed by atoms with E-state index in [1.807, 2.05) is 13.0 Å². The third-order valence-corrected chi connectivity index (χ3v) is 2.45. The first kappa shape index (κ1) is 9.94. The molecule has 2 heterocycles. The Morgan fingerprint density at radius 2 is 2.33 bits per heavy atom. The van der Waals surface area contributed by atoms with Crippen molar-refractivity contribution in [1.82, 2.24) is 9.97 Å². The summed E-state index contributed by atoms with van der Waals surface area (Å²) in [5.74, 6) is 0.852. The molecule has 2 rings (SSSR count). The van der Waals surface area contributed by atoms with Crippen LogP contribution in [0.25, 0.3) is 0 Å². The molecule has 0 unspecified atom stereocenters. The fourth-order valence-corrected chi connectivity index (χ4v) is 1.64. The number of aromatic nitrogens is 2. The lowest BCUT2D eigenvalue weighted by Crippen LogP contribution is -2.41. The fraction of sp³-hybridized carbons (Fsp3) is 0.300. The topological polar surface area (TPSA) is 52.8 Å². The Balaban J connectivity index is 2.17. The lowest BCUT2D eigenvalue weighted by atomic mass is 10.1. The van der Waals surface area contributed by atoms with E-state index in [2.05, 4.69) is 14.9 Å². The van der Waals surface area contributed by atoms with Gasteiger partial charge in [0.15, 0.2) is 0 Å². The highest BCUT2D eigenvalue weighted by Gasteiger charge is 2.23. The maximum absolute atomic E-state index is 8.47. The van der Waals surface area contributed by atoms with Crippen molar-refractivity contribution in [3.8, 4) is 6.07 Å². The first-order chi connectivity index (χ1) is 7.20. The normalized spacial score (nSPS) is 14.5. The summed E-state index contributed by atoms with van der Waals surface area (Å²) in [5.41, 5.74) is 2.11. The van der Waals surface area contributed by atoms with Crippen molar-refractivity contribution in [3.05, 3.63) is 28.7 Å². The molecule has 1 fully saturated rings. The molecular weight excluding hydrogens is 212 g/mol. The molecule has 0 aliphatic carbocycles. The number of hydrogen-bond acceptors (Lipinski definition) is 4. The second-order valence-electron chi connectivity index (χ2n) is 3.43. The standard InChI is InChI=1S/C10H9ClN4/c1-7-4-13-10(11)14-9(7)15-5-8(6-15)2-3-12/h2,4H,5-6H2,1H3. The largest absolute Gasteiger partial charge is 0.348 e. The van der Waals surface area contributed by atoms with Crippen molar-refractivity contribution < 1.29 is 0 Å². The highest BCUT2D eigenvalue weighted by molar-refractivity contribution is 6.28. The van der Waals surface area contributed by atoms with Gasteiger partial charge in [-0.25, -0.2) is 9.97 Å². The van der Waals surface area contributed by atoms with Crippen molar-refractivity contribution in [1.29, 1.82) is 5.26 Å². The van der Waals surface area contributed by atoms with Crippen LogP contribution in [-0.2, 0) is 0 Å². The second-order valence-corrected chi connectivity index (χ2v) is 3.77. The molecule has 1 aliphatic rings. The molecule has 0 N–H and O–H groups in total. The van der Waals surface area contributed by atoms with E-state index in [9.17, 15) is 0 Å². The van der Waals surface area contributed by atoms with Crippen molar-refractivity contribution in [2.45, 2.75) is 6.92 Å². The monoisotopic (exact) mass is 220 g/mol. The van der Waals surface area contributed by atoms with Gasteiger partial charge in [-0.2, -0.15) is 5.26 Å². The van der Waals surface area contributed by atoms with Crippen LogP contribution in [0.3, 0.4) is 0 Å². The van der Waals surface area contributed by atoms with Crippen LogP contribution in [0.15, 0.2) is 17.8 Å². The van der Waals surface area contributed by atoms with Crippen molar-refractivity contribution >= 4 is 17.4 Å². The van der Waals surface area contributed by atoms with Crippen LogP contribution >= 0.6 is 11.6 Å². The number of hydrogen-bond donors (Lipinski definition) is 0. The number of anilines is 1. The molecule has 1 saturated heterocycles. The molecule has 5 heteroatoms. The van der Waals surface area contributed by atoms with E-state index in [0.29, 0.717) is 0 Å². The predicted octanol–water partition coefficient (Wildman–Crippen LogP) is 1.71. The second kappa shape index (κ2) is 3.87. The molecule has 0 saturated carbocycles. The molecule has 76 valence electrons. The predicted molar refractivity (Wildman–Crippen MR) is 57.7 cm³/mol. The van der Waals surface area contributed by atoms with Gasteiger partial charge >= 0.3 is 0 Å². The number of nitriles is 1. The molecule has 0 radical (unpaired) electrons. The molecule has 0 spiro atoms. The average Bonchev–Trinajstić information content (AvgIpc) is 2.15. The minimum atomic E-state index is 0.258. The average molecular weight is 221 g/mol. The summed E-state index contributed by atoms with van der Waals surface area (Å²) in [5, 5.41) is 8.72. The van der Waals surface area contributed by atoms with E-state index in [4.69, 9.17) is 16.9 Å². The van der Waals surface area contributed by atoms with Crippen molar-refractivity contribution in [2.75, 3.05) is 18.0 Å². The minimum absolute atomic E-state index is 0.258. The molecule has 0 atom stereocenters. The maximum atomic E-state index is 8.47. The molecule has 4 nitrogen and oxygen atoms in total. The third-order valence-electron chi connectivity index (χ3n) is 2.27. The van der Waals surface area contributed by atoms with E-state index in [1.165, 1.54) is 0 Å². The van der Waals surface area contributed by atoms with E-state index in [-0.39, 0.29) is 5.28 Å². The SMILES string of the molecule is Cc1cnc(Cl)nc1N1CC(=CC#N)C1. The van der Waals surface area contributed by atoms with Crippen LogP contribution in [0.1, 0.15) is 5.56 Å². The molecule has 0 amide bonds. The van der Waals surface area contributed by atoms with Gasteiger partial charge in [0.05, 0.1) is 6.07 Å². The lowest BCUT2D eigenvalue weighted by Gasteiger charge is -2.35. The zero-order valence-corrected chi connectivity index (χ0v) is 8.99. The smallest absolute Gasteiger partial charge is 0.224 e. The molecular formula is C10H9ClN4. The Bertz CT molecular complexity index is 453.